The number of hydrogen-bond acceptors (Lipinski definition) is 4. The van der Waals surface area contributed by atoms with Gasteiger partial charge in [0.25, 0.3) is 10.2 Å². The molecule has 0 aliphatic heterocycles. The van der Waals surface area contributed by atoms with Crippen molar-refractivity contribution in [3.63, 3.8) is 0 Å². The smallest absolute Gasteiger partial charge is 0.279 e. The molecule has 0 saturated carbocycles. The first-order valence-electron chi connectivity index (χ1n) is 6.95. The van der Waals surface area contributed by atoms with Crippen LogP contribution in [0.3, 0.4) is 0 Å². The van der Waals surface area contributed by atoms with E-state index in [0.717, 1.165) is 19.5 Å². The highest BCUT2D eigenvalue weighted by molar-refractivity contribution is 7.87. The predicted molar refractivity (Wildman–Crippen MR) is 79.6 cm³/mol. The molecule has 0 unspecified atom stereocenters. The average Bonchev–Trinajstić information content (AvgIpc) is 2.92. The van der Waals surface area contributed by atoms with Gasteiger partial charge in [-0.05, 0) is 32.0 Å². The zero-order valence-corrected chi connectivity index (χ0v) is 13.1. The summed E-state index contributed by atoms with van der Waals surface area (Å²) in [5, 5.41) is 7.24. The van der Waals surface area contributed by atoms with Crippen molar-refractivity contribution in [2.24, 2.45) is 0 Å². The van der Waals surface area contributed by atoms with Crippen LogP contribution in [0.5, 0.6) is 0 Å². The fourth-order valence-corrected chi connectivity index (χ4v) is 2.70. The summed E-state index contributed by atoms with van der Waals surface area (Å²) in [6.45, 7) is 5.40. The van der Waals surface area contributed by atoms with Crippen molar-refractivity contribution in [2.75, 3.05) is 33.2 Å². The van der Waals surface area contributed by atoms with Gasteiger partial charge in [-0.25, -0.2) is 4.72 Å². The second-order valence-electron chi connectivity index (χ2n) is 4.55. The Hall–Kier alpha value is -0.960. The maximum absolute atomic E-state index is 11.9. The van der Waals surface area contributed by atoms with Gasteiger partial charge in [0, 0.05) is 39.1 Å². The highest BCUT2D eigenvalue weighted by Gasteiger charge is 2.15. The molecule has 0 amide bonds. The van der Waals surface area contributed by atoms with Crippen LogP contribution >= 0.6 is 0 Å². The Labute approximate surface area is 121 Å². The normalized spacial score (nSPS) is 12.2. The monoisotopic (exact) mass is 303 g/mol. The molecule has 0 bridgehead atoms. The van der Waals surface area contributed by atoms with Crippen molar-refractivity contribution in [3.05, 3.63) is 18.5 Å². The molecule has 0 radical (unpaired) electrons. The first-order valence-corrected chi connectivity index (χ1v) is 8.39. The quantitative estimate of drug-likeness (QED) is 0.566. The van der Waals surface area contributed by atoms with E-state index < -0.39 is 10.2 Å². The molecular weight excluding hydrogens is 278 g/mol. The number of rotatable bonds is 11. The van der Waals surface area contributed by atoms with Crippen molar-refractivity contribution in [1.29, 1.82) is 0 Å². The van der Waals surface area contributed by atoms with Crippen LogP contribution in [-0.4, -0.2) is 55.7 Å². The van der Waals surface area contributed by atoms with E-state index in [1.165, 1.54) is 4.31 Å². The van der Waals surface area contributed by atoms with Gasteiger partial charge in [0.1, 0.15) is 0 Å². The van der Waals surface area contributed by atoms with Crippen molar-refractivity contribution in [3.8, 4) is 0 Å². The average molecular weight is 303 g/mol. The van der Waals surface area contributed by atoms with Crippen LogP contribution < -0.4 is 10.0 Å². The van der Waals surface area contributed by atoms with E-state index >= 15 is 0 Å². The van der Waals surface area contributed by atoms with E-state index in [-0.39, 0.29) is 0 Å². The molecule has 0 fully saturated rings. The molecule has 0 saturated heterocycles. The molecule has 1 heterocycles. The standard InChI is InChI=1S/C12H25N5O2S/c1-3-13-7-4-10-16(2)20(18,19)15-9-6-12-17-11-5-8-14-17/h5,8,11,13,15H,3-4,6-7,9-10,12H2,1-2H3. The lowest BCUT2D eigenvalue weighted by molar-refractivity contribution is 0.443. The van der Waals surface area contributed by atoms with Gasteiger partial charge in [0.2, 0.25) is 0 Å². The molecule has 1 aromatic heterocycles. The molecule has 8 heteroatoms. The highest BCUT2D eigenvalue weighted by Crippen LogP contribution is 1.96. The van der Waals surface area contributed by atoms with E-state index in [9.17, 15) is 8.42 Å². The van der Waals surface area contributed by atoms with Gasteiger partial charge < -0.3 is 5.32 Å². The van der Waals surface area contributed by atoms with Gasteiger partial charge in [-0.15, -0.1) is 0 Å². The summed E-state index contributed by atoms with van der Waals surface area (Å²) in [4.78, 5) is 0. The topological polar surface area (TPSA) is 79.3 Å². The summed E-state index contributed by atoms with van der Waals surface area (Å²) in [6, 6.07) is 1.85. The molecular formula is C12H25N5O2S. The molecule has 0 atom stereocenters. The van der Waals surface area contributed by atoms with Crippen molar-refractivity contribution in [2.45, 2.75) is 26.3 Å². The predicted octanol–water partition coefficient (Wildman–Crippen LogP) is 0.0390. The molecule has 1 rings (SSSR count). The summed E-state index contributed by atoms with van der Waals surface area (Å²) in [6.07, 6.45) is 5.09. The third kappa shape index (κ3) is 6.47. The summed E-state index contributed by atoms with van der Waals surface area (Å²) in [7, 11) is -1.76. The van der Waals surface area contributed by atoms with Crippen molar-refractivity contribution in [1.82, 2.24) is 24.1 Å². The summed E-state index contributed by atoms with van der Waals surface area (Å²) in [5.74, 6) is 0. The lowest BCUT2D eigenvalue weighted by atomic mass is 10.4. The Morgan fingerprint density at radius 2 is 2.10 bits per heavy atom. The summed E-state index contributed by atoms with van der Waals surface area (Å²) in [5.41, 5.74) is 0. The van der Waals surface area contributed by atoms with E-state index in [2.05, 4.69) is 15.1 Å². The minimum atomic E-state index is -3.36. The molecule has 0 aromatic carbocycles. The van der Waals surface area contributed by atoms with Crippen LogP contribution in [-0.2, 0) is 16.8 Å². The maximum Gasteiger partial charge on any atom is 0.279 e. The van der Waals surface area contributed by atoms with E-state index in [1.54, 1.807) is 17.9 Å². The fourth-order valence-electron chi connectivity index (χ4n) is 1.71. The molecule has 0 aliphatic carbocycles. The lowest BCUT2D eigenvalue weighted by Gasteiger charge is -2.17. The van der Waals surface area contributed by atoms with Crippen LogP contribution in [0.25, 0.3) is 0 Å². The molecule has 20 heavy (non-hydrogen) atoms. The molecule has 0 spiro atoms. The maximum atomic E-state index is 11.9. The zero-order chi connectivity index (χ0) is 14.8. The third-order valence-electron chi connectivity index (χ3n) is 2.89. The van der Waals surface area contributed by atoms with Gasteiger partial charge in [0.15, 0.2) is 0 Å². The highest BCUT2D eigenvalue weighted by atomic mass is 32.2. The first-order chi connectivity index (χ1) is 9.56. The summed E-state index contributed by atoms with van der Waals surface area (Å²) < 4.78 is 29.6. The Bertz CT molecular complexity index is 446. The molecule has 1 aromatic rings. The van der Waals surface area contributed by atoms with Gasteiger partial charge in [-0.2, -0.15) is 17.8 Å². The zero-order valence-electron chi connectivity index (χ0n) is 12.2. The van der Waals surface area contributed by atoms with Gasteiger partial charge in [-0.3, -0.25) is 4.68 Å². The van der Waals surface area contributed by atoms with E-state index in [1.807, 2.05) is 19.2 Å². The second kappa shape index (κ2) is 9.06. The van der Waals surface area contributed by atoms with Gasteiger partial charge in [-0.1, -0.05) is 6.92 Å². The van der Waals surface area contributed by atoms with E-state index in [4.69, 9.17) is 0 Å². The largest absolute Gasteiger partial charge is 0.317 e. The Morgan fingerprint density at radius 1 is 1.30 bits per heavy atom. The van der Waals surface area contributed by atoms with Crippen LogP contribution in [0.2, 0.25) is 0 Å². The number of hydrogen-bond donors (Lipinski definition) is 2. The number of nitrogens with one attached hydrogen (secondary N) is 2. The number of aromatic nitrogens is 2. The Morgan fingerprint density at radius 3 is 2.75 bits per heavy atom. The summed E-state index contributed by atoms with van der Waals surface area (Å²) >= 11 is 0. The molecule has 0 aliphatic rings. The third-order valence-corrected chi connectivity index (χ3v) is 4.47. The fraction of sp³-hybridized carbons (Fsp3) is 0.750. The minimum absolute atomic E-state index is 0.416. The number of nitrogens with zero attached hydrogens (tertiary/aromatic N) is 3. The van der Waals surface area contributed by atoms with Crippen LogP contribution in [0, 0.1) is 0 Å². The number of aryl methyl sites for hydroxylation is 1. The first kappa shape index (κ1) is 17.1. The lowest BCUT2D eigenvalue weighted by Crippen LogP contribution is -2.40. The molecule has 7 nitrogen and oxygen atoms in total. The minimum Gasteiger partial charge on any atom is -0.317 e. The van der Waals surface area contributed by atoms with Crippen molar-refractivity contribution >= 4 is 10.2 Å². The Kier molecular flexibility index (Phi) is 7.75. The second-order valence-corrected chi connectivity index (χ2v) is 6.41. The SMILES string of the molecule is CCNCCCN(C)S(=O)(=O)NCCCn1cccn1. The van der Waals surface area contributed by atoms with Gasteiger partial charge in [0.05, 0.1) is 0 Å². The van der Waals surface area contributed by atoms with Crippen LogP contribution in [0.1, 0.15) is 19.8 Å². The van der Waals surface area contributed by atoms with Gasteiger partial charge >= 0.3 is 0 Å². The van der Waals surface area contributed by atoms with E-state index in [0.29, 0.717) is 26.1 Å². The molecule has 116 valence electrons. The Balaban J connectivity index is 2.19. The van der Waals surface area contributed by atoms with Crippen LogP contribution in [0.4, 0.5) is 0 Å². The molecule has 2 N–H and O–H groups in total. The van der Waals surface area contributed by atoms with Crippen molar-refractivity contribution < 1.29 is 8.42 Å². The van der Waals surface area contributed by atoms with Crippen LogP contribution in [0.15, 0.2) is 18.5 Å².